The predicted octanol–water partition coefficient (Wildman–Crippen LogP) is 1.78. The topological polar surface area (TPSA) is 21.3 Å². The van der Waals surface area contributed by atoms with Crippen molar-refractivity contribution < 1.29 is 4.74 Å². The molecule has 1 aliphatic heterocycles. The Morgan fingerprint density at radius 2 is 2.00 bits per heavy atom. The molecule has 2 nitrogen and oxygen atoms in total. The lowest BCUT2D eigenvalue weighted by atomic mass is 10.2. The minimum absolute atomic E-state index is 0.0104. The number of nitrogens with one attached hydrogen (secondary N) is 1. The molecule has 0 radical (unpaired) electrons. The second-order valence-corrected chi connectivity index (χ2v) is 2.40. The van der Waals surface area contributed by atoms with Crippen LogP contribution in [0, 0.1) is 0 Å². The second kappa shape index (κ2) is 2.66. The second-order valence-electron chi connectivity index (χ2n) is 2.40. The summed E-state index contributed by atoms with van der Waals surface area (Å²) < 4.78 is 5.25. The van der Waals surface area contributed by atoms with E-state index < -0.39 is 0 Å². The molecule has 1 aliphatic rings. The zero-order chi connectivity index (χ0) is 7.52. The van der Waals surface area contributed by atoms with Crippen LogP contribution in [-0.4, -0.2) is 0 Å². The van der Waals surface area contributed by atoms with Crippen molar-refractivity contribution in [3.05, 3.63) is 48.4 Å². The van der Waals surface area contributed by atoms with Gasteiger partial charge in [-0.3, -0.25) is 0 Å². The fraction of sp³-hybridized carbons (Fsp3) is 0.111. The Morgan fingerprint density at radius 3 is 2.64 bits per heavy atom. The summed E-state index contributed by atoms with van der Waals surface area (Å²) in [7, 11) is 0. The molecule has 0 bridgehead atoms. The molecule has 1 aromatic rings. The monoisotopic (exact) mass is 147 g/mol. The molecule has 0 aliphatic carbocycles. The highest BCUT2D eigenvalue weighted by Crippen LogP contribution is 2.16. The van der Waals surface area contributed by atoms with Crippen molar-refractivity contribution in [1.29, 1.82) is 0 Å². The molecule has 2 rings (SSSR count). The Kier molecular flexibility index (Phi) is 1.52. The molecule has 0 aromatic heterocycles. The third-order valence-electron chi connectivity index (χ3n) is 1.63. The molecule has 0 spiro atoms. The normalized spacial score (nSPS) is 20.9. The van der Waals surface area contributed by atoms with Crippen molar-refractivity contribution in [2.24, 2.45) is 0 Å². The van der Waals surface area contributed by atoms with Crippen molar-refractivity contribution >= 4 is 0 Å². The highest BCUT2D eigenvalue weighted by Gasteiger charge is 2.10. The van der Waals surface area contributed by atoms with E-state index in [0.29, 0.717) is 0 Å². The number of hydrogen-bond donors (Lipinski definition) is 1. The number of hydrogen-bond acceptors (Lipinski definition) is 2. The van der Waals surface area contributed by atoms with Crippen LogP contribution in [-0.2, 0) is 4.74 Å². The summed E-state index contributed by atoms with van der Waals surface area (Å²) in [5.41, 5.74) is 1.15. The lowest BCUT2D eigenvalue weighted by molar-refractivity contribution is 0.155. The zero-order valence-electron chi connectivity index (χ0n) is 6.03. The molecular formula is C9H9NO. The third-order valence-corrected chi connectivity index (χ3v) is 1.63. The summed E-state index contributed by atoms with van der Waals surface area (Å²) in [4.78, 5) is 0. The van der Waals surface area contributed by atoms with Crippen LogP contribution in [0.3, 0.4) is 0 Å². The Balaban J connectivity index is 2.17. The van der Waals surface area contributed by atoms with Crippen LogP contribution in [0.2, 0.25) is 0 Å². The van der Waals surface area contributed by atoms with Gasteiger partial charge in [-0.05, 0) is 0 Å². The van der Waals surface area contributed by atoms with Crippen LogP contribution >= 0.6 is 0 Å². The maximum Gasteiger partial charge on any atom is 0.195 e. The molecule has 1 aromatic carbocycles. The number of rotatable bonds is 1. The summed E-state index contributed by atoms with van der Waals surface area (Å²) >= 11 is 0. The van der Waals surface area contributed by atoms with E-state index in [1.807, 2.05) is 30.3 Å². The van der Waals surface area contributed by atoms with Crippen molar-refractivity contribution in [2.45, 2.75) is 6.23 Å². The Bertz CT molecular complexity index is 248. The molecule has 0 saturated heterocycles. The Hall–Kier alpha value is -1.44. The fourth-order valence-corrected chi connectivity index (χ4v) is 1.09. The molecule has 1 unspecified atom stereocenters. The van der Waals surface area contributed by atoms with E-state index in [0.717, 1.165) is 5.56 Å². The van der Waals surface area contributed by atoms with Crippen molar-refractivity contribution in [3.8, 4) is 0 Å². The summed E-state index contributed by atoms with van der Waals surface area (Å²) in [6, 6.07) is 10.1. The van der Waals surface area contributed by atoms with Gasteiger partial charge in [0.15, 0.2) is 6.23 Å². The molecule has 0 fully saturated rings. The van der Waals surface area contributed by atoms with Gasteiger partial charge in [-0.25, -0.2) is 0 Å². The minimum Gasteiger partial charge on any atom is -0.473 e. The van der Waals surface area contributed by atoms with E-state index in [4.69, 9.17) is 4.74 Å². The average molecular weight is 147 g/mol. The summed E-state index contributed by atoms with van der Waals surface area (Å²) in [5, 5.41) is 3.07. The molecule has 1 heterocycles. The van der Waals surface area contributed by atoms with Crippen LogP contribution in [0.1, 0.15) is 11.8 Å². The SMILES string of the molecule is C1=COC(c2ccccc2)N1. The zero-order valence-corrected chi connectivity index (χ0v) is 6.03. The smallest absolute Gasteiger partial charge is 0.195 e. The first-order chi connectivity index (χ1) is 5.47. The van der Waals surface area contributed by atoms with Crippen LogP contribution in [0.4, 0.5) is 0 Å². The molecule has 56 valence electrons. The standard InChI is InChI=1S/C9H9NO/c1-2-4-8(5-3-1)9-10-6-7-11-9/h1-7,9-10H. The van der Waals surface area contributed by atoms with Crippen LogP contribution in [0.5, 0.6) is 0 Å². The van der Waals surface area contributed by atoms with Gasteiger partial charge >= 0.3 is 0 Å². The van der Waals surface area contributed by atoms with Gasteiger partial charge in [0, 0.05) is 11.8 Å². The van der Waals surface area contributed by atoms with E-state index in [-0.39, 0.29) is 6.23 Å². The first-order valence-corrected chi connectivity index (χ1v) is 3.58. The number of benzene rings is 1. The Morgan fingerprint density at radius 1 is 1.18 bits per heavy atom. The van der Waals surface area contributed by atoms with Gasteiger partial charge in [0.1, 0.15) is 6.26 Å². The van der Waals surface area contributed by atoms with E-state index in [1.165, 1.54) is 0 Å². The first-order valence-electron chi connectivity index (χ1n) is 3.58. The number of ether oxygens (including phenoxy) is 1. The van der Waals surface area contributed by atoms with E-state index in [1.54, 1.807) is 12.5 Å². The average Bonchev–Trinajstić information content (AvgIpc) is 2.58. The van der Waals surface area contributed by atoms with E-state index in [9.17, 15) is 0 Å². The molecule has 1 N–H and O–H groups in total. The van der Waals surface area contributed by atoms with Crippen molar-refractivity contribution in [1.82, 2.24) is 5.32 Å². The van der Waals surface area contributed by atoms with Crippen molar-refractivity contribution in [3.63, 3.8) is 0 Å². The van der Waals surface area contributed by atoms with Crippen LogP contribution in [0.15, 0.2) is 42.8 Å². The minimum atomic E-state index is 0.0104. The highest BCUT2D eigenvalue weighted by atomic mass is 16.5. The largest absolute Gasteiger partial charge is 0.473 e. The molecule has 1 atom stereocenters. The highest BCUT2D eigenvalue weighted by molar-refractivity contribution is 5.18. The van der Waals surface area contributed by atoms with Gasteiger partial charge in [0.2, 0.25) is 0 Å². The fourth-order valence-electron chi connectivity index (χ4n) is 1.09. The van der Waals surface area contributed by atoms with E-state index >= 15 is 0 Å². The first kappa shape index (κ1) is 6.28. The quantitative estimate of drug-likeness (QED) is 0.653. The van der Waals surface area contributed by atoms with Crippen LogP contribution < -0.4 is 5.32 Å². The van der Waals surface area contributed by atoms with Gasteiger partial charge in [0.25, 0.3) is 0 Å². The van der Waals surface area contributed by atoms with E-state index in [2.05, 4.69) is 5.32 Å². The Labute approximate surface area is 65.5 Å². The summed E-state index contributed by atoms with van der Waals surface area (Å²) in [6.07, 6.45) is 3.48. The molecule has 0 amide bonds. The lowest BCUT2D eigenvalue weighted by Crippen LogP contribution is -2.10. The molecule has 11 heavy (non-hydrogen) atoms. The van der Waals surface area contributed by atoms with Crippen molar-refractivity contribution in [2.75, 3.05) is 0 Å². The summed E-state index contributed by atoms with van der Waals surface area (Å²) in [6.45, 7) is 0. The molecular weight excluding hydrogens is 138 g/mol. The predicted molar refractivity (Wildman–Crippen MR) is 42.5 cm³/mol. The van der Waals surface area contributed by atoms with Gasteiger partial charge in [-0.1, -0.05) is 30.3 Å². The van der Waals surface area contributed by atoms with Crippen LogP contribution in [0.25, 0.3) is 0 Å². The van der Waals surface area contributed by atoms with Gasteiger partial charge in [0.05, 0.1) is 0 Å². The molecule has 0 saturated carbocycles. The molecule has 2 heteroatoms. The van der Waals surface area contributed by atoms with Gasteiger partial charge < -0.3 is 10.1 Å². The summed E-state index contributed by atoms with van der Waals surface area (Å²) in [5.74, 6) is 0. The van der Waals surface area contributed by atoms with Gasteiger partial charge in [-0.2, -0.15) is 0 Å². The lowest BCUT2D eigenvalue weighted by Gasteiger charge is -2.10. The van der Waals surface area contributed by atoms with Gasteiger partial charge in [-0.15, -0.1) is 0 Å². The third kappa shape index (κ3) is 1.19. The maximum absolute atomic E-state index is 5.25. The maximum atomic E-state index is 5.25.